The smallest absolute Gasteiger partial charge is 0.331 e. The van der Waals surface area contributed by atoms with Crippen LogP contribution in [0.25, 0.3) is 6.08 Å². The maximum atomic E-state index is 11.8. The molecule has 0 aromatic heterocycles. The van der Waals surface area contributed by atoms with E-state index in [1.807, 2.05) is 0 Å². The van der Waals surface area contributed by atoms with Crippen molar-refractivity contribution in [3.05, 3.63) is 58.1 Å². The van der Waals surface area contributed by atoms with Gasteiger partial charge in [0, 0.05) is 21.8 Å². The number of esters is 1. The lowest BCUT2D eigenvalue weighted by Crippen LogP contribution is -2.20. The summed E-state index contributed by atoms with van der Waals surface area (Å²) < 4.78 is 15.8. The zero-order valence-corrected chi connectivity index (χ0v) is 15.5. The van der Waals surface area contributed by atoms with Crippen LogP contribution in [-0.2, 0) is 14.3 Å². The summed E-state index contributed by atoms with van der Waals surface area (Å²) in [6.45, 7) is 0.557. The van der Waals surface area contributed by atoms with Gasteiger partial charge in [0.1, 0.15) is 13.2 Å². The number of rotatable bonds is 5. The van der Waals surface area contributed by atoms with Crippen molar-refractivity contribution in [2.45, 2.75) is 0 Å². The van der Waals surface area contributed by atoms with Crippen LogP contribution in [0, 0.1) is 0 Å². The topological polar surface area (TPSA) is 73.9 Å². The van der Waals surface area contributed by atoms with Crippen LogP contribution in [-0.4, -0.2) is 31.7 Å². The molecule has 1 aliphatic heterocycles. The fourth-order valence-corrected chi connectivity index (χ4v) is 2.86. The molecule has 1 aliphatic rings. The third-order valence-electron chi connectivity index (χ3n) is 3.47. The summed E-state index contributed by atoms with van der Waals surface area (Å²) in [5, 5.41) is 3.32. The molecule has 6 nitrogen and oxygen atoms in total. The molecule has 140 valence electrons. The minimum absolute atomic E-state index is 0.386. The van der Waals surface area contributed by atoms with Gasteiger partial charge in [-0.25, -0.2) is 4.79 Å². The molecule has 27 heavy (non-hydrogen) atoms. The second kappa shape index (κ2) is 8.79. The number of halogens is 2. The van der Waals surface area contributed by atoms with Crippen LogP contribution in [0.4, 0.5) is 5.69 Å². The van der Waals surface area contributed by atoms with Crippen LogP contribution in [0.15, 0.2) is 42.5 Å². The van der Waals surface area contributed by atoms with Crippen LogP contribution >= 0.6 is 23.2 Å². The van der Waals surface area contributed by atoms with Crippen molar-refractivity contribution in [1.82, 2.24) is 0 Å². The highest BCUT2D eigenvalue weighted by molar-refractivity contribution is 6.35. The van der Waals surface area contributed by atoms with Crippen molar-refractivity contribution < 1.29 is 23.8 Å². The molecule has 1 N–H and O–H groups in total. The molecule has 8 heteroatoms. The van der Waals surface area contributed by atoms with E-state index in [1.165, 1.54) is 18.2 Å². The van der Waals surface area contributed by atoms with E-state index in [0.717, 1.165) is 5.56 Å². The zero-order chi connectivity index (χ0) is 19.2. The minimum Gasteiger partial charge on any atom is -0.486 e. The van der Waals surface area contributed by atoms with Crippen LogP contribution in [0.2, 0.25) is 10.0 Å². The molecule has 0 unspecified atom stereocenters. The quantitative estimate of drug-likeness (QED) is 0.599. The normalized spacial score (nSPS) is 12.7. The van der Waals surface area contributed by atoms with E-state index >= 15 is 0 Å². The predicted octanol–water partition coefficient (Wildman–Crippen LogP) is 3.96. The maximum absolute atomic E-state index is 11.8. The number of fused-ring (bicyclic) bond motifs is 1. The summed E-state index contributed by atoms with van der Waals surface area (Å²) in [5.74, 6) is 0.133. The van der Waals surface area contributed by atoms with Crippen molar-refractivity contribution in [3.8, 4) is 11.5 Å². The summed E-state index contributed by atoms with van der Waals surface area (Å²) in [6, 6.07) is 9.93. The molecule has 0 aliphatic carbocycles. The fraction of sp³-hybridized carbons (Fsp3) is 0.158. The molecule has 0 radical (unpaired) electrons. The maximum Gasteiger partial charge on any atom is 0.331 e. The van der Waals surface area contributed by atoms with Gasteiger partial charge in [0.15, 0.2) is 18.1 Å². The van der Waals surface area contributed by atoms with E-state index in [4.69, 9.17) is 37.4 Å². The van der Waals surface area contributed by atoms with Gasteiger partial charge in [-0.1, -0.05) is 29.3 Å². The van der Waals surface area contributed by atoms with Gasteiger partial charge in [0.25, 0.3) is 5.91 Å². The number of carbonyl (C=O) groups is 2. The number of hydrogen-bond donors (Lipinski definition) is 1. The molecule has 0 bridgehead atoms. The number of benzene rings is 2. The Bertz CT molecular complexity index is 877. The van der Waals surface area contributed by atoms with Crippen LogP contribution in [0.5, 0.6) is 11.5 Å². The average Bonchev–Trinajstić information content (AvgIpc) is 2.63. The molecule has 0 spiro atoms. The highest BCUT2D eigenvalue weighted by Crippen LogP contribution is 2.31. The van der Waals surface area contributed by atoms with Crippen molar-refractivity contribution in [2.24, 2.45) is 0 Å². The second-order valence-corrected chi connectivity index (χ2v) is 6.42. The average molecular weight is 408 g/mol. The van der Waals surface area contributed by atoms with Crippen LogP contribution in [0.1, 0.15) is 5.56 Å². The summed E-state index contributed by atoms with van der Waals surface area (Å²) in [6.07, 6.45) is 2.80. The molecule has 0 saturated carbocycles. The van der Waals surface area contributed by atoms with Gasteiger partial charge >= 0.3 is 5.97 Å². The SMILES string of the molecule is O=C(COC(=O)/C=C/c1ccc2c(c1)OCCO2)Nc1cc(Cl)cc(Cl)c1. The largest absolute Gasteiger partial charge is 0.486 e. The van der Waals surface area contributed by atoms with Crippen molar-refractivity contribution in [2.75, 3.05) is 25.1 Å². The molecule has 0 atom stereocenters. The van der Waals surface area contributed by atoms with Crippen LogP contribution < -0.4 is 14.8 Å². The van der Waals surface area contributed by atoms with Gasteiger partial charge in [-0.3, -0.25) is 4.79 Å². The standard InChI is InChI=1S/C19H15Cl2NO5/c20-13-8-14(21)10-15(9-13)22-18(23)11-27-19(24)4-2-12-1-3-16-17(7-12)26-6-5-25-16/h1-4,7-10H,5-6,11H2,(H,22,23)/b4-2+. The molecule has 0 saturated heterocycles. The van der Waals surface area contributed by atoms with Crippen molar-refractivity contribution in [3.63, 3.8) is 0 Å². The summed E-state index contributed by atoms with van der Waals surface area (Å²) in [7, 11) is 0. The van der Waals surface area contributed by atoms with Gasteiger partial charge in [-0.15, -0.1) is 0 Å². The van der Waals surface area contributed by atoms with E-state index in [9.17, 15) is 9.59 Å². The Kier molecular flexibility index (Phi) is 6.21. The van der Waals surface area contributed by atoms with E-state index in [0.29, 0.717) is 40.4 Å². The molecule has 1 amide bonds. The first kappa shape index (κ1) is 19.1. The number of nitrogens with one attached hydrogen (secondary N) is 1. The van der Waals surface area contributed by atoms with E-state index in [1.54, 1.807) is 30.3 Å². The van der Waals surface area contributed by atoms with Gasteiger partial charge in [0.05, 0.1) is 0 Å². The molecule has 2 aromatic carbocycles. The lowest BCUT2D eigenvalue weighted by atomic mass is 10.2. The highest BCUT2D eigenvalue weighted by atomic mass is 35.5. The highest BCUT2D eigenvalue weighted by Gasteiger charge is 2.11. The third-order valence-corrected chi connectivity index (χ3v) is 3.91. The van der Waals surface area contributed by atoms with E-state index in [-0.39, 0.29) is 0 Å². The molecule has 3 rings (SSSR count). The molecule has 2 aromatic rings. The molecule has 1 heterocycles. The fourth-order valence-electron chi connectivity index (χ4n) is 2.34. The van der Waals surface area contributed by atoms with E-state index < -0.39 is 18.5 Å². The molecular weight excluding hydrogens is 393 g/mol. The first-order valence-electron chi connectivity index (χ1n) is 8.00. The van der Waals surface area contributed by atoms with Gasteiger partial charge in [-0.05, 0) is 42.0 Å². The molecule has 0 fully saturated rings. The number of carbonyl (C=O) groups excluding carboxylic acids is 2. The lowest BCUT2D eigenvalue weighted by molar-refractivity contribution is -0.142. The Labute approximate surface area is 165 Å². The Morgan fingerprint density at radius 2 is 1.74 bits per heavy atom. The first-order valence-corrected chi connectivity index (χ1v) is 8.75. The Balaban J connectivity index is 1.50. The van der Waals surface area contributed by atoms with Gasteiger partial charge < -0.3 is 19.5 Å². The minimum atomic E-state index is -0.649. The molecular formula is C19H15Cl2NO5. The Morgan fingerprint density at radius 1 is 1.04 bits per heavy atom. The Hall–Kier alpha value is -2.70. The second-order valence-electron chi connectivity index (χ2n) is 5.55. The number of ether oxygens (including phenoxy) is 3. The third kappa shape index (κ3) is 5.64. The van der Waals surface area contributed by atoms with Gasteiger partial charge in [-0.2, -0.15) is 0 Å². The van der Waals surface area contributed by atoms with Crippen LogP contribution in [0.3, 0.4) is 0 Å². The summed E-state index contributed by atoms with van der Waals surface area (Å²) >= 11 is 11.7. The summed E-state index contributed by atoms with van der Waals surface area (Å²) in [5.41, 5.74) is 1.16. The number of hydrogen-bond acceptors (Lipinski definition) is 5. The van der Waals surface area contributed by atoms with Gasteiger partial charge in [0.2, 0.25) is 0 Å². The monoisotopic (exact) mass is 407 g/mol. The van der Waals surface area contributed by atoms with Crippen molar-refractivity contribution in [1.29, 1.82) is 0 Å². The van der Waals surface area contributed by atoms with E-state index in [2.05, 4.69) is 5.32 Å². The number of anilines is 1. The predicted molar refractivity (Wildman–Crippen MR) is 103 cm³/mol. The van der Waals surface area contributed by atoms with Crippen molar-refractivity contribution >= 4 is 46.8 Å². The number of amides is 1. The first-order chi connectivity index (χ1) is 13.0. The lowest BCUT2D eigenvalue weighted by Gasteiger charge is -2.18. The summed E-state index contributed by atoms with van der Waals surface area (Å²) in [4.78, 5) is 23.6. The zero-order valence-electron chi connectivity index (χ0n) is 14.0. The Morgan fingerprint density at radius 3 is 2.48 bits per heavy atom.